The molecule has 0 atom stereocenters. The molecule has 1 aromatic rings. The van der Waals surface area contributed by atoms with Crippen molar-refractivity contribution in [3.05, 3.63) is 22.4 Å². The van der Waals surface area contributed by atoms with Crippen LogP contribution >= 0.6 is 15.9 Å². The van der Waals surface area contributed by atoms with E-state index in [1.807, 2.05) is 33.8 Å². The Kier molecular flexibility index (Phi) is 5.22. The van der Waals surface area contributed by atoms with Crippen LogP contribution in [0.15, 0.2) is 16.7 Å². The van der Waals surface area contributed by atoms with Crippen LogP contribution < -0.4 is 4.90 Å². The van der Waals surface area contributed by atoms with Gasteiger partial charge in [0.25, 0.3) is 0 Å². The van der Waals surface area contributed by atoms with E-state index >= 15 is 0 Å². The molecule has 1 N–H and O–H groups in total. The maximum Gasteiger partial charge on any atom is 0.407 e. The van der Waals surface area contributed by atoms with Crippen LogP contribution in [0.25, 0.3) is 0 Å². The van der Waals surface area contributed by atoms with Gasteiger partial charge in [-0.05, 0) is 62.5 Å². The summed E-state index contributed by atoms with van der Waals surface area (Å²) in [4.78, 5) is 30.5. The van der Waals surface area contributed by atoms with Gasteiger partial charge in [-0.15, -0.1) is 0 Å². The fourth-order valence-electron chi connectivity index (χ4n) is 2.67. The molecule has 0 unspecified atom stereocenters. The van der Waals surface area contributed by atoms with E-state index in [2.05, 4.69) is 20.9 Å². The zero-order valence-electron chi connectivity index (χ0n) is 14.5. The maximum atomic E-state index is 11.6. The van der Waals surface area contributed by atoms with Gasteiger partial charge >= 0.3 is 6.09 Å². The third-order valence-electron chi connectivity index (χ3n) is 4.47. The van der Waals surface area contributed by atoms with Gasteiger partial charge in [0.2, 0.25) is 6.41 Å². The molecule has 1 aliphatic carbocycles. The van der Waals surface area contributed by atoms with Gasteiger partial charge in [-0.3, -0.25) is 9.78 Å². The molecule has 24 heavy (non-hydrogen) atoms. The summed E-state index contributed by atoms with van der Waals surface area (Å²) in [6.45, 7) is 8.46. The van der Waals surface area contributed by atoms with Gasteiger partial charge in [0.15, 0.2) is 0 Å². The van der Waals surface area contributed by atoms with Gasteiger partial charge in [0.1, 0.15) is 0 Å². The van der Waals surface area contributed by atoms with Crippen molar-refractivity contribution >= 4 is 34.1 Å². The van der Waals surface area contributed by atoms with Crippen molar-refractivity contribution in [3.8, 4) is 0 Å². The van der Waals surface area contributed by atoms with Crippen molar-refractivity contribution in [2.45, 2.75) is 46.1 Å². The van der Waals surface area contributed by atoms with Crippen LogP contribution in [0.5, 0.6) is 0 Å². The number of pyridine rings is 1. The molecule has 2 rings (SSSR count). The largest absolute Gasteiger partial charge is 0.465 e. The Morgan fingerprint density at radius 1 is 1.42 bits per heavy atom. The number of carbonyl (C=O) groups is 2. The second kappa shape index (κ2) is 6.70. The van der Waals surface area contributed by atoms with Crippen LogP contribution in [0.2, 0.25) is 0 Å². The van der Waals surface area contributed by atoms with Crippen LogP contribution in [0.4, 0.5) is 10.5 Å². The van der Waals surface area contributed by atoms with Crippen LogP contribution in [0.1, 0.15) is 39.3 Å². The lowest BCUT2D eigenvalue weighted by Gasteiger charge is -2.37. The van der Waals surface area contributed by atoms with Crippen molar-refractivity contribution in [3.63, 3.8) is 0 Å². The minimum absolute atomic E-state index is 0.177. The minimum Gasteiger partial charge on any atom is -0.465 e. The number of carboxylic acid groups (broad SMARTS) is 1. The fourth-order valence-corrected chi connectivity index (χ4v) is 3.01. The van der Waals surface area contributed by atoms with Crippen LogP contribution in [0, 0.1) is 12.3 Å². The van der Waals surface area contributed by atoms with E-state index in [4.69, 9.17) is 0 Å². The lowest BCUT2D eigenvalue weighted by Crippen LogP contribution is -2.49. The van der Waals surface area contributed by atoms with E-state index in [9.17, 15) is 14.7 Å². The average molecular weight is 398 g/mol. The summed E-state index contributed by atoms with van der Waals surface area (Å²) in [5, 5.41) is 9.50. The number of carbonyl (C=O) groups excluding carboxylic acids is 1. The van der Waals surface area contributed by atoms with Crippen molar-refractivity contribution < 1.29 is 14.7 Å². The quantitative estimate of drug-likeness (QED) is 0.742. The number of halogens is 1. The lowest BCUT2D eigenvalue weighted by atomic mass is 10.00. The number of rotatable bonds is 6. The molecule has 0 radical (unpaired) electrons. The molecule has 1 heterocycles. The summed E-state index contributed by atoms with van der Waals surface area (Å²) in [5.74, 6) is 0. The van der Waals surface area contributed by atoms with Gasteiger partial charge in [-0.1, -0.05) is 0 Å². The highest BCUT2D eigenvalue weighted by Gasteiger charge is 2.48. The molecule has 0 bridgehead atoms. The van der Waals surface area contributed by atoms with Crippen molar-refractivity contribution in [2.75, 3.05) is 18.0 Å². The van der Waals surface area contributed by atoms with Crippen LogP contribution in [-0.2, 0) is 4.79 Å². The topological polar surface area (TPSA) is 73.7 Å². The van der Waals surface area contributed by atoms with E-state index in [0.717, 1.165) is 29.4 Å². The smallest absolute Gasteiger partial charge is 0.407 e. The first-order chi connectivity index (χ1) is 11.1. The monoisotopic (exact) mass is 397 g/mol. The molecule has 0 aliphatic heterocycles. The highest BCUT2D eigenvalue weighted by Crippen LogP contribution is 2.48. The summed E-state index contributed by atoms with van der Waals surface area (Å²) in [7, 11) is 0. The van der Waals surface area contributed by atoms with E-state index in [1.54, 1.807) is 11.1 Å². The second-order valence-electron chi connectivity index (χ2n) is 7.53. The van der Waals surface area contributed by atoms with Gasteiger partial charge in [-0.2, -0.15) is 0 Å². The minimum atomic E-state index is -0.925. The summed E-state index contributed by atoms with van der Waals surface area (Å²) in [5.41, 5.74) is 0.924. The predicted octanol–water partition coefficient (Wildman–Crippen LogP) is 3.67. The number of nitrogens with zero attached hydrogens (tertiary/aromatic N) is 3. The highest BCUT2D eigenvalue weighted by molar-refractivity contribution is 9.10. The number of hydrogen-bond donors (Lipinski definition) is 1. The molecule has 6 nitrogen and oxygen atoms in total. The predicted molar refractivity (Wildman–Crippen MR) is 96.2 cm³/mol. The standard InChI is InChI=1S/C17H24BrN3O3/c1-12-14(18)7-13(8-19-12)20(11-22)9-17(5-6-17)10-21(15(23)24)16(2,3)4/h7-8,11H,5-6,9-10H2,1-4H3,(H,23,24). The lowest BCUT2D eigenvalue weighted by molar-refractivity contribution is -0.107. The number of amides is 2. The van der Waals surface area contributed by atoms with E-state index < -0.39 is 11.6 Å². The molecule has 1 aliphatic rings. The normalized spacial score (nSPS) is 15.7. The zero-order chi connectivity index (χ0) is 18.1. The molecule has 132 valence electrons. The summed E-state index contributed by atoms with van der Waals surface area (Å²) in [6, 6.07) is 1.87. The molecule has 7 heteroatoms. The Labute approximate surface area is 151 Å². The van der Waals surface area contributed by atoms with E-state index in [1.165, 1.54) is 4.90 Å². The Bertz CT molecular complexity index is 638. The van der Waals surface area contributed by atoms with Gasteiger partial charge in [-0.25, -0.2) is 4.79 Å². The maximum absolute atomic E-state index is 11.6. The van der Waals surface area contributed by atoms with Gasteiger partial charge in [0.05, 0.1) is 17.6 Å². The Balaban J connectivity index is 2.16. The molecule has 2 amide bonds. The summed E-state index contributed by atoms with van der Waals surface area (Å²) >= 11 is 3.43. The third-order valence-corrected chi connectivity index (χ3v) is 5.27. The van der Waals surface area contributed by atoms with Gasteiger partial charge < -0.3 is 14.9 Å². The number of hydrogen-bond acceptors (Lipinski definition) is 3. The molecule has 1 aromatic heterocycles. The molecule has 1 fully saturated rings. The SMILES string of the molecule is Cc1ncc(N(C=O)CC2(CN(C(=O)O)C(C)(C)C)CC2)cc1Br. The van der Waals surface area contributed by atoms with E-state index in [0.29, 0.717) is 18.8 Å². The average Bonchev–Trinajstić information content (AvgIpc) is 3.24. The highest BCUT2D eigenvalue weighted by atomic mass is 79.9. The molecule has 0 aromatic carbocycles. The molecule has 1 saturated carbocycles. The number of aromatic nitrogens is 1. The van der Waals surface area contributed by atoms with Crippen LogP contribution in [-0.4, -0.2) is 46.1 Å². The number of aryl methyl sites for hydroxylation is 1. The molecule has 0 spiro atoms. The van der Waals surface area contributed by atoms with Crippen molar-refractivity contribution in [2.24, 2.45) is 5.41 Å². The molecular formula is C17H24BrN3O3. The Morgan fingerprint density at radius 3 is 2.46 bits per heavy atom. The first-order valence-electron chi connectivity index (χ1n) is 7.93. The molecule has 0 saturated heterocycles. The zero-order valence-corrected chi connectivity index (χ0v) is 16.1. The van der Waals surface area contributed by atoms with Crippen molar-refractivity contribution in [1.29, 1.82) is 0 Å². The van der Waals surface area contributed by atoms with E-state index in [-0.39, 0.29) is 5.41 Å². The Hall–Kier alpha value is -1.63. The number of anilines is 1. The summed E-state index contributed by atoms with van der Waals surface area (Å²) < 4.78 is 0.846. The third kappa shape index (κ3) is 4.26. The van der Waals surface area contributed by atoms with Gasteiger partial charge in [0, 0.05) is 28.5 Å². The van der Waals surface area contributed by atoms with Crippen molar-refractivity contribution in [1.82, 2.24) is 9.88 Å². The van der Waals surface area contributed by atoms with Crippen LogP contribution in [0.3, 0.4) is 0 Å². The first-order valence-corrected chi connectivity index (χ1v) is 8.72. The summed E-state index contributed by atoms with van der Waals surface area (Å²) in [6.07, 6.45) is 3.37. The fraction of sp³-hybridized carbons (Fsp3) is 0.588. The Morgan fingerprint density at radius 2 is 2.04 bits per heavy atom. The first kappa shape index (κ1) is 18.7. The molecular weight excluding hydrogens is 374 g/mol. The second-order valence-corrected chi connectivity index (χ2v) is 8.39.